The molecule has 148 valence electrons. The number of hydrogen-bond donors (Lipinski definition) is 3. The zero-order chi connectivity index (χ0) is 20.7. The van der Waals surface area contributed by atoms with Crippen molar-refractivity contribution >= 4 is 43.7 Å². The number of thiol groups is 1. The third-order valence-electron chi connectivity index (χ3n) is 5.33. The molecule has 0 aromatic carbocycles. The second kappa shape index (κ2) is 10.5. The molecule has 0 bridgehead atoms. The van der Waals surface area contributed by atoms with Crippen molar-refractivity contribution < 1.29 is 5.21 Å². The molecular formula is C17H27B2N7OS. The average Bonchev–Trinajstić information content (AvgIpc) is 2.74. The van der Waals surface area contributed by atoms with Crippen LogP contribution in [0.5, 0.6) is 0 Å². The predicted molar refractivity (Wildman–Crippen MR) is 119 cm³/mol. The largest absolute Gasteiger partial charge is 0.409 e. The van der Waals surface area contributed by atoms with Crippen molar-refractivity contribution in [2.75, 3.05) is 49.6 Å². The Morgan fingerprint density at radius 1 is 1.36 bits per heavy atom. The first kappa shape index (κ1) is 22.2. The van der Waals surface area contributed by atoms with E-state index in [2.05, 4.69) is 70.5 Å². The van der Waals surface area contributed by atoms with Gasteiger partial charge in [0.05, 0.1) is 0 Å². The van der Waals surface area contributed by atoms with Crippen molar-refractivity contribution in [3.05, 3.63) is 17.8 Å². The van der Waals surface area contributed by atoms with E-state index in [-0.39, 0.29) is 12.5 Å². The summed E-state index contributed by atoms with van der Waals surface area (Å²) in [5, 5.41) is 21.3. The summed E-state index contributed by atoms with van der Waals surface area (Å²) in [5.41, 5.74) is 7.33. The minimum Gasteiger partial charge on any atom is -0.409 e. The summed E-state index contributed by atoms with van der Waals surface area (Å²) in [7, 11) is 6.32. The second-order valence-electron chi connectivity index (χ2n) is 7.25. The number of rotatable bonds is 3. The van der Waals surface area contributed by atoms with Gasteiger partial charge in [-0.15, -0.1) is 0 Å². The fraction of sp³-hybridized carbons (Fsp3) is 0.588. The molecule has 3 heterocycles. The van der Waals surface area contributed by atoms with Crippen LogP contribution in [0.3, 0.4) is 0 Å². The molecule has 0 saturated carbocycles. The Morgan fingerprint density at radius 3 is 2.61 bits per heavy atom. The van der Waals surface area contributed by atoms with E-state index < -0.39 is 0 Å². The molecule has 0 aliphatic carbocycles. The van der Waals surface area contributed by atoms with Crippen molar-refractivity contribution in [2.24, 2.45) is 10.9 Å². The second-order valence-corrected chi connectivity index (χ2v) is 7.25. The van der Waals surface area contributed by atoms with Crippen molar-refractivity contribution in [1.29, 1.82) is 5.26 Å². The van der Waals surface area contributed by atoms with Gasteiger partial charge < -0.3 is 25.6 Å². The van der Waals surface area contributed by atoms with Crippen molar-refractivity contribution in [2.45, 2.75) is 25.6 Å². The molecule has 1 aromatic heterocycles. The molecule has 28 heavy (non-hydrogen) atoms. The van der Waals surface area contributed by atoms with Gasteiger partial charge >= 0.3 is 0 Å². The molecule has 0 unspecified atom stereocenters. The van der Waals surface area contributed by atoms with Gasteiger partial charge in [-0.25, -0.2) is 22.7 Å². The first-order chi connectivity index (χ1) is 13.5. The van der Waals surface area contributed by atoms with E-state index in [0.717, 1.165) is 56.9 Å². The van der Waals surface area contributed by atoms with Gasteiger partial charge in [0, 0.05) is 56.5 Å². The lowest BCUT2D eigenvalue weighted by molar-refractivity contribution is 0.274. The SMILES string of the molecule is C[C@H]1CN(C)CCN1c1cc(N2CCB(C#N)CC2)cc(/C(N)=N/O)n1.[B]S. The highest BCUT2D eigenvalue weighted by Gasteiger charge is 2.26. The maximum atomic E-state index is 9.11. The summed E-state index contributed by atoms with van der Waals surface area (Å²) in [6, 6.07) is 4.29. The highest BCUT2D eigenvalue weighted by Crippen LogP contribution is 2.27. The van der Waals surface area contributed by atoms with Crippen LogP contribution in [0.4, 0.5) is 11.5 Å². The normalized spacial score (nSPS) is 21.0. The van der Waals surface area contributed by atoms with Gasteiger partial charge in [0.25, 0.3) is 6.71 Å². The Bertz CT molecular complexity index is 722. The summed E-state index contributed by atoms with van der Waals surface area (Å²) < 4.78 is 0. The molecule has 3 rings (SSSR count). The number of piperazine rings is 1. The molecule has 2 aliphatic heterocycles. The van der Waals surface area contributed by atoms with Crippen LogP contribution in [0, 0.1) is 11.2 Å². The average molecular weight is 399 g/mol. The molecule has 2 fully saturated rings. The van der Waals surface area contributed by atoms with E-state index in [4.69, 9.17) is 16.2 Å². The van der Waals surface area contributed by atoms with E-state index in [1.807, 2.05) is 6.07 Å². The molecule has 3 N–H and O–H groups in total. The number of hydrogen-bond acceptors (Lipinski definition) is 8. The maximum Gasteiger partial charge on any atom is 0.271 e. The van der Waals surface area contributed by atoms with E-state index in [1.54, 1.807) is 0 Å². The Balaban J connectivity index is 0.00000136. The molecule has 8 nitrogen and oxygen atoms in total. The lowest BCUT2D eigenvalue weighted by Crippen LogP contribution is -2.51. The number of oxime groups is 1. The fourth-order valence-corrected chi connectivity index (χ4v) is 3.76. The summed E-state index contributed by atoms with van der Waals surface area (Å²) in [5.74, 6) is 3.23. The van der Waals surface area contributed by atoms with Crippen molar-refractivity contribution in [3.63, 3.8) is 0 Å². The molecule has 2 saturated heterocycles. The topological polar surface area (TPSA) is 105 Å². The van der Waals surface area contributed by atoms with E-state index in [0.29, 0.717) is 11.7 Å². The third kappa shape index (κ3) is 5.26. The summed E-state index contributed by atoms with van der Waals surface area (Å²) in [6.45, 7) is 6.81. The number of amidine groups is 1. The van der Waals surface area contributed by atoms with Crippen molar-refractivity contribution in [3.8, 4) is 5.97 Å². The predicted octanol–water partition coefficient (Wildman–Crippen LogP) is 0.694. The third-order valence-corrected chi connectivity index (χ3v) is 5.33. The molecule has 2 aliphatic rings. The van der Waals surface area contributed by atoms with E-state index in [9.17, 15) is 0 Å². The maximum absolute atomic E-state index is 9.11. The highest BCUT2D eigenvalue weighted by atomic mass is 32.1. The van der Waals surface area contributed by atoms with E-state index in [1.165, 1.54) is 0 Å². The van der Waals surface area contributed by atoms with Crippen LogP contribution in [0.25, 0.3) is 0 Å². The van der Waals surface area contributed by atoms with Crippen LogP contribution in [-0.4, -0.2) is 80.6 Å². The summed E-state index contributed by atoms with van der Waals surface area (Å²) in [6.07, 6.45) is 1.72. The van der Waals surface area contributed by atoms with Gasteiger partial charge in [0.15, 0.2) is 13.0 Å². The number of pyridine rings is 1. The standard InChI is InChI=1S/C17H26BN7O.BHS/c1-13-11-23(2)7-8-25(13)16-10-14(9-15(21-16)17(20)22-26)24-5-3-18(12-19)4-6-24;1-2/h9-10,13,26H,3-8,11H2,1-2H3,(H2,20,22);2H/t13-;/m0./s1. The number of likely N-dealkylation sites (N-methyl/N-ethyl adjacent to an activating group) is 1. The number of anilines is 2. The van der Waals surface area contributed by atoms with Gasteiger partial charge in [-0.05, 0) is 32.7 Å². The smallest absolute Gasteiger partial charge is 0.271 e. The van der Waals surface area contributed by atoms with Crippen LogP contribution >= 0.6 is 12.5 Å². The first-order valence-electron chi connectivity index (χ1n) is 9.37. The lowest BCUT2D eigenvalue weighted by Gasteiger charge is -2.39. The number of nitrogens with zero attached hydrogens (tertiary/aromatic N) is 6. The zero-order valence-electron chi connectivity index (χ0n) is 16.5. The summed E-state index contributed by atoms with van der Waals surface area (Å²) >= 11 is 3.03. The Hall–Kier alpha value is -2.05. The molecule has 11 heteroatoms. The number of aromatic nitrogens is 1. The molecular weight excluding hydrogens is 372 g/mol. The van der Waals surface area contributed by atoms with Gasteiger partial charge in [-0.2, -0.15) is 0 Å². The Kier molecular flexibility index (Phi) is 8.33. The highest BCUT2D eigenvalue weighted by molar-refractivity contribution is 8.03. The summed E-state index contributed by atoms with van der Waals surface area (Å²) in [4.78, 5) is 11.5. The lowest BCUT2D eigenvalue weighted by atomic mass is 9.45. The molecule has 0 spiro atoms. The van der Waals surface area contributed by atoms with Crippen LogP contribution in [0.1, 0.15) is 12.6 Å². The van der Waals surface area contributed by atoms with Crippen LogP contribution < -0.4 is 15.5 Å². The van der Waals surface area contributed by atoms with Gasteiger partial charge in [-0.3, -0.25) is 0 Å². The Labute approximate surface area is 174 Å². The van der Waals surface area contributed by atoms with Gasteiger partial charge in [0.1, 0.15) is 11.5 Å². The van der Waals surface area contributed by atoms with Gasteiger partial charge in [0.2, 0.25) is 0 Å². The number of nitriles is 1. The van der Waals surface area contributed by atoms with Crippen LogP contribution in [-0.2, 0) is 0 Å². The first-order valence-corrected chi connectivity index (χ1v) is 9.89. The van der Waals surface area contributed by atoms with Crippen LogP contribution in [0.15, 0.2) is 17.3 Å². The minimum atomic E-state index is 0.0155. The number of nitrogens with two attached hydrogens (primary N) is 1. The van der Waals surface area contributed by atoms with Gasteiger partial charge in [-0.1, -0.05) is 5.16 Å². The van der Waals surface area contributed by atoms with E-state index >= 15 is 0 Å². The Morgan fingerprint density at radius 2 is 2.04 bits per heavy atom. The monoisotopic (exact) mass is 399 g/mol. The zero-order valence-corrected chi connectivity index (χ0v) is 17.4. The van der Waals surface area contributed by atoms with Crippen molar-refractivity contribution in [1.82, 2.24) is 9.88 Å². The fourth-order valence-electron chi connectivity index (χ4n) is 3.76. The quantitative estimate of drug-likeness (QED) is 0.172. The molecule has 0 amide bonds. The van der Waals surface area contributed by atoms with Crippen LogP contribution in [0.2, 0.25) is 12.6 Å². The molecule has 1 atom stereocenters. The molecule has 1 aromatic rings. The minimum absolute atomic E-state index is 0.0155. The molecule has 2 radical (unpaired) electrons.